The van der Waals surface area contributed by atoms with Crippen LogP contribution in [-0.4, -0.2) is 59.0 Å². The summed E-state index contributed by atoms with van der Waals surface area (Å²) < 4.78 is 8.43. The molecule has 3 rings (SSSR count). The molecule has 1 aliphatic heterocycles. The summed E-state index contributed by atoms with van der Waals surface area (Å²) in [6.45, 7) is 3.15. The van der Waals surface area contributed by atoms with Crippen LogP contribution in [0.25, 0.3) is 11.0 Å². The molecule has 2 heterocycles. The molecule has 0 spiro atoms. The Bertz CT molecular complexity index is 830. The van der Waals surface area contributed by atoms with Crippen molar-refractivity contribution < 1.29 is 9.53 Å². The molecule has 1 aliphatic rings. The minimum absolute atomic E-state index is 0.0714. The molecule has 128 valence electrons. The van der Waals surface area contributed by atoms with Gasteiger partial charge in [-0.2, -0.15) is 5.10 Å². The van der Waals surface area contributed by atoms with Gasteiger partial charge in [0.15, 0.2) is 0 Å². The lowest BCUT2D eigenvalue weighted by molar-refractivity contribution is -0.123. The van der Waals surface area contributed by atoms with E-state index in [4.69, 9.17) is 4.74 Å². The maximum absolute atomic E-state index is 11.9. The molecule has 0 atom stereocenters. The monoisotopic (exact) mass is 331 g/mol. The van der Waals surface area contributed by atoms with Gasteiger partial charge in [-0.15, -0.1) is 0 Å². The third-order valence-corrected chi connectivity index (χ3v) is 4.17. The summed E-state index contributed by atoms with van der Waals surface area (Å²) in [6, 6.07) is 5.60. The normalized spacial score (nSPS) is 16.1. The van der Waals surface area contributed by atoms with Crippen LogP contribution in [0.5, 0.6) is 0 Å². The number of hydrogen-bond donors (Lipinski definition) is 1. The Morgan fingerprint density at radius 3 is 2.71 bits per heavy atom. The third kappa shape index (κ3) is 3.39. The van der Waals surface area contributed by atoms with E-state index in [1.165, 1.54) is 0 Å². The third-order valence-electron chi connectivity index (χ3n) is 4.17. The van der Waals surface area contributed by atoms with Crippen LogP contribution in [0, 0.1) is 0 Å². The lowest BCUT2D eigenvalue weighted by Crippen LogP contribution is -2.42. The van der Waals surface area contributed by atoms with Crippen molar-refractivity contribution in [2.75, 3.05) is 32.8 Å². The number of imidazole rings is 1. The number of aryl methyl sites for hydroxylation is 2. The Morgan fingerprint density at radius 1 is 1.25 bits per heavy atom. The van der Waals surface area contributed by atoms with Gasteiger partial charge in [-0.1, -0.05) is 6.07 Å². The van der Waals surface area contributed by atoms with E-state index < -0.39 is 0 Å². The van der Waals surface area contributed by atoms with Gasteiger partial charge in [0.05, 0.1) is 37.0 Å². The van der Waals surface area contributed by atoms with Gasteiger partial charge < -0.3 is 4.74 Å². The zero-order chi connectivity index (χ0) is 17.1. The van der Waals surface area contributed by atoms with E-state index in [2.05, 4.69) is 10.5 Å². The molecule has 24 heavy (non-hydrogen) atoms. The van der Waals surface area contributed by atoms with E-state index >= 15 is 0 Å². The minimum Gasteiger partial charge on any atom is -0.379 e. The van der Waals surface area contributed by atoms with Gasteiger partial charge in [-0.05, 0) is 17.7 Å². The maximum atomic E-state index is 11.9. The first-order chi connectivity index (χ1) is 11.6. The average molecular weight is 331 g/mol. The first-order valence-corrected chi connectivity index (χ1v) is 7.84. The molecule has 0 radical (unpaired) electrons. The molecule has 0 aliphatic carbocycles. The zero-order valence-corrected chi connectivity index (χ0v) is 13.9. The Labute approximate surface area is 139 Å². The zero-order valence-electron chi connectivity index (χ0n) is 13.9. The molecule has 1 aromatic heterocycles. The van der Waals surface area contributed by atoms with Crippen LogP contribution in [0.2, 0.25) is 0 Å². The molecular formula is C16H21N5O3. The highest BCUT2D eigenvalue weighted by Gasteiger charge is 2.13. The number of hydrazone groups is 1. The van der Waals surface area contributed by atoms with E-state index in [-0.39, 0.29) is 11.6 Å². The first-order valence-electron chi connectivity index (χ1n) is 7.84. The molecule has 8 heteroatoms. The van der Waals surface area contributed by atoms with E-state index in [9.17, 15) is 9.59 Å². The second-order valence-corrected chi connectivity index (χ2v) is 5.83. The lowest BCUT2D eigenvalue weighted by atomic mass is 10.2. The number of morpholine rings is 1. The fourth-order valence-corrected chi connectivity index (χ4v) is 2.78. The van der Waals surface area contributed by atoms with Gasteiger partial charge in [0.1, 0.15) is 0 Å². The first kappa shape index (κ1) is 16.4. The highest BCUT2D eigenvalue weighted by Crippen LogP contribution is 2.12. The standard InChI is InChI=1S/C16H21N5O3/c1-19-13-4-3-12(9-14(13)20(2)16(19)23)10-17-18-15(22)11-21-5-7-24-8-6-21/h3-4,9-10H,5-8,11H2,1-2H3,(H,18,22)/b17-10-. The van der Waals surface area contributed by atoms with Crippen molar-refractivity contribution in [1.29, 1.82) is 0 Å². The number of ether oxygens (including phenoxy) is 1. The molecule has 0 saturated carbocycles. The average Bonchev–Trinajstić information content (AvgIpc) is 2.80. The van der Waals surface area contributed by atoms with Crippen LogP contribution in [0.1, 0.15) is 5.56 Å². The minimum atomic E-state index is -0.152. The highest BCUT2D eigenvalue weighted by molar-refractivity contribution is 5.88. The second-order valence-electron chi connectivity index (χ2n) is 5.83. The smallest absolute Gasteiger partial charge is 0.328 e. The molecule has 1 fully saturated rings. The Morgan fingerprint density at radius 2 is 1.96 bits per heavy atom. The molecule has 1 saturated heterocycles. The van der Waals surface area contributed by atoms with Crippen LogP contribution in [-0.2, 0) is 23.6 Å². The molecule has 2 aromatic rings. The fraction of sp³-hybridized carbons (Fsp3) is 0.438. The fourth-order valence-electron chi connectivity index (χ4n) is 2.78. The number of fused-ring (bicyclic) bond motifs is 1. The summed E-state index contributed by atoms with van der Waals surface area (Å²) in [5, 5.41) is 4.00. The van der Waals surface area contributed by atoms with Crippen molar-refractivity contribution in [1.82, 2.24) is 19.5 Å². The molecule has 1 aromatic carbocycles. The summed E-state index contributed by atoms with van der Waals surface area (Å²) in [5.41, 5.74) is 4.96. The predicted octanol–water partition coefficient (Wildman–Crippen LogP) is -0.341. The molecular weight excluding hydrogens is 310 g/mol. The van der Waals surface area contributed by atoms with E-state index in [1.54, 1.807) is 29.4 Å². The number of nitrogens with zero attached hydrogens (tertiary/aromatic N) is 4. The Balaban J connectivity index is 1.64. The molecule has 1 N–H and O–H groups in total. The van der Waals surface area contributed by atoms with Crippen molar-refractivity contribution in [2.24, 2.45) is 19.2 Å². The number of rotatable bonds is 4. The van der Waals surface area contributed by atoms with Crippen molar-refractivity contribution in [2.45, 2.75) is 0 Å². The van der Waals surface area contributed by atoms with Crippen molar-refractivity contribution in [3.8, 4) is 0 Å². The number of benzene rings is 1. The van der Waals surface area contributed by atoms with Gasteiger partial charge in [0.25, 0.3) is 5.91 Å². The molecule has 0 bridgehead atoms. The molecule has 8 nitrogen and oxygen atoms in total. The number of amides is 1. The van der Waals surface area contributed by atoms with Crippen molar-refractivity contribution >= 4 is 23.2 Å². The lowest BCUT2D eigenvalue weighted by Gasteiger charge is -2.25. The number of hydrogen-bond acceptors (Lipinski definition) is 5. The summed E-state index contributed by atoms with van der Waals surface area (Å²) in [6.07, 6.45) is 1.58. The van der Waals surface area contributed by atoms with Gasteiger partial charge in [0.2, 0.25) is 0 Å². The largest absolute Gasteiger partial charge is 0.379 e. The second kappa shape index (κ2) is 6.98. The quantitative estimate of drug-likeness (QED) is 0.614. The Kier molecular flexibility index (Phi) is 4.77. The molecule has 1 amide bonds. The van der Waals surface area contributed by atoms with Gasteiger partial charge >= 0.3 is 5.69 Å². The summed E-state index contributed by atoms with van der Waals surface area (Å²) >= 11 is 0. The highest BCUT2D eigenvalue weighted by atomic mass is 16.5. The van der Waals surface area contributed by atoms with E-state index in [0.29, 0.717) is 19.8 Å². The van der Waals surface area contributed by atoms with Crippen molar-refractivity contribution in [3.05, 3.63) is 34.2 Å². The predicted molar refractivity (Wildman–Crippen MR) is 91.2 cm³/mol. The summed E-state index contributed by atoms with van der Waals surface area (Å²) in [5.74, 6) is -0.152. The maximum Gasteiger partial charge on any atom is 0.328 e. The van der Waals surface area contributed by atoms with Gasteiger partial charge in [-0.3, -0.25) is 18.8 Å². The van der Waals surface area contributed by atoms with Crippen molar-refractivity contribution in [3.63, 3.8) is 0 Å². The Hall–Kier alpha value is -2.45. The van der Waals surface area contributed by atoms with Crippen LogP contribution in [0.15, 0.2) is 28.1 Å². The summed E-state index contributed by atoms with van der Waals surface area (Å²) in [4.78, 5) is 25.8. The van der Waals surface area contributed by atoms with E-state index in [1.807, 2.05) is 23.1 Å². The SMILES string of the molecule is Cn1c(=O)n(C)c2cc(/C=N\NC(=O)CN3CCOCC3)ccc21. The number of carbonyl (C=O) groups excluding carboxylic acids is 1. The van der Waals surface area contributed by atoms with Crippen LogP contribution in [0.3, 0.4) is 0 Å². The van der Waals surface area contributed by atoms with Gasteiger partial charge in [0, 0.05) is 27.2 Å². The van der Waals surface area contributed by atoms with Crippen LogP contribution >= 0.6 is 0 Å². The topological polar surface area (TPSA) is 80.9 Å². The van der Waals surface area contributed by atoms with Crippen LogP contribution < -0.4 is 11.1 Å². The van der Waals surface area contributed by atoms with E-state index in [0.717, 1.165) is 29.7 Å². The number of carbonyl (C=O) groups is 1. The number of nitrogens with one attached hydrogen (secondary N) is 1. The van der Waals surface area contributed by atoms with Gasteiger partial charge in [-0.25, -0.2) is 10.2 Å². The molecule has 0 unspecified atom stereocenters. The number of aromatic nitrogens is 2. The summed E-state index contributed by atoms with van der Waals surface area (Å²) in [7, 11) is 3.47. The van der Waals surface area contributed by atoms with Crippen LogP contribution in [0.4, 0.5) is 0 Å².